The molecule has 2 rings (SSSR count). The average Bonchev–Trinajstić information content (AvgIpc) is 2.37. The first-order valence-electron chi connectivity index (χ1n) is 3.07. The van der Waals surface area contributed by atoms with Crippen molar-refractivity contribution in [1.29, 1.82) is 0 Å². The highest BCUT2D eigenvalue weighted by Crippen LogP contribution is 2.30. The third kappa shape index (κ3) is 0.989. The number of alkyl halides is 3. The molecule has 0 fully saturated rings. The summed E-state index contributed by atoms with van der Waals surface area (Å²) in [6.07, 6.45) is -2.12. The first kappa shape index (κ1) is 7.60. The molecule has 0 saturated carbocycles. The Kier molecular flexibility index (Phi) is 1.41. The van der Waals surface area contributed by atoms with E-state index < -0.39 is 11.9 Å². The molecule has 6 heteroatoms. The van der Waals surface area contributed by atoms with Crippen LogP contribution in [0.15, 0.2) is 17.8 Å². The van der Waals surface area contributed by atoms with Gasteiger partial charge in [-0.25, -0.2) is 4.98 Å². The van der Waals surface area contributed by atoms with E-state index in [9.17, 15) is 13.2 Å². The second-order valence-electron chi connectivity index (χ2n) is 2.20. The molecular weight excluding hydrogens is 189 g/mol. The number of imidazole rings is 1. The summed E-state index contributed by atoms with van der Waals surface area (Å²) in [7, 11) is 0. The van der Waals surface area contributed by atoms with Gasteiger partial charge in [-0.1, -0.05) is 0 Å². The number of nitrogens with zero attached hydrogens (tertiary/aromatic N) is 2. The number of hydrogen-bond donors (Lipinski definition) is 0. The maximum absolute atomic E-state index is 12.2. The Balaban J connectivity index is 2.69. The van der Waals surface area contributed by atoms with Gasteiger partial charge in [0, 0.05) is 11.6 Å². The van der Waals surface area contributed by atoms with Gasteiger partial charge in [0.05, 0.1) is 6.20 Å². The molecule has 0 aromatic carbocycles. The molecule has 0 aliphatic rings. The SMILES string of the molecule is FC(F)(F)c1cnc2sccn12. The minimum Gasteiger partial charge on any atom is -0.286 e. The summed E-state index contributed by atoms with van der Waals surface area (Å²) in [5.41, 5.74) is -0.723. The van der Waals surface area contributed by atoms with Crippen LogP contribution in [0.1, 0.15) is 5.69 Å². The van der Waals surface area contributed by atoms with E-state index in [1.807, 2.05) is 0 Å². The van der Waals surface area contributed by atoms with Gasteiger partial charge < -0.3 is 0 Å². The number of fused-ring (bicyclic) bond motifs is 1. The van der Waals surface area contributed by atoms with Gasteiger partial charge in [0.25, 0.3) is 0 Å². The molecule has 2 heterocycles. The molecule has 0 aliphatic heterocycles. The van der Waals surface area contributed by atoms with E-state index in [0.29, 0.717) is 4.96 Å². The third-order valence-corrected chi connectivity index (χ3v) is 2.21. The second kappa shape index (κ2) is 2.22. The highest BCUT2D eigenvalue weighted by Gasteiger charge is 2.34. The number of halogens is 3. The van der Waals surface area contributed by atoms with Crippen LogP contribution in [0.3, 0.4) is 0 Å². The zero-order chi connectivity index (χ0) is 8.77. The quantitative estimate of drug-likeness (QED) is 0.626. The van der Waals surface area contributed by atoms with Crippen LogP contribution >= 0.6 is 11.3 Å². The molecule has 2 nitrogen and oxygen atoms in total. The molecule has 0 radical (unpaired) electrons. The lowest BCUT2D eigenvalue weighted by Crippen LogP contribution is -2.07. The van der Waals surface area contributed by atoms with E-state index in [0.717, 1.165) is 10.6 Å². The van der Waals surface area contributed by atoms with Crippen LogP contribution in [0.25, 0.3) is 4.96 Å². The highest BCUT2D eigenvalue weighted by atomic mass is 32.1. The Morgan fingerprint density at radius 3 is 2.83 bits per heavy atom. The summed E-state index contributed by atoms with van der Waals surface area (Å²) >= 11 is 1.18. The predicted molar refractivity (Wildman–Crippen MR) is 38.1 cm³/mol. The van der Waals surface area contributed by atoms with Crippen LogP contribution in [0, 0.1) is 0 Å². The molecule has 0 N–H and O–H groups in total. The summed E-state index contributed by atoms with van der Waals surface area (Å²) < 4.78 is 37.5. The first-order valence-corrected chi connectivity index (χ1v) is 3.95. The maximum Gasteiger partial charge on any atom is 0.433 e. The molecule has 0 spiro atoms. The van der Waals surface area contributed by atoms with Crippen LogP contribution in [-0.2, 0) is 6.18 Å². The lowest BCUT2D eigenvalue weighted by atomic mass is 10.5. The van der Waals surface area contributed by atoms with Gasteiger partial charge in [-0.2, -0.15) is 13.2 Å². The lowest BCUT2D eigenvalue weighted by Gasteiger charge is -2.02. The largest absolute Gasteiger partial charge is 0.433 e. The summed E-state index contributed by atoms with van der Waals surface area (Å²) in [5.74, 6) is 0. The zero-order valence-electron chi connectivity index (χ0n) is 5.67. The van der Waals surface area contributed by atoms with Crippen molar-refractivity contribution in [1.82, 2.24) is 9.38 Å². The van der Waals surface area contributed by atoms with Crippen LogP contribution in [0.5, 0.6) is 0 Å². The van der Waals surface area contributed by atoms with Gasteiger partial charge in [0.15, 0.2) is 4.96 Å². The van der Waals surface area contributed by atoms with Crippen LogP contribution < -0.4 is 0 Å². The molecule has 2 aromatic heterocycles. The monoisotopic (exact) mass is 192 g/mol. The number of rotatable bonds is 0. The van der Waals surface area contributed by atoms with Crippen LogP contribution in [-0.4, -0.2) is 9.38 Å². The highest BCUT2D eigenvalue weighted by molar-refractivity contribution is 7.15. The smallest absolute Gasteiger partial charge is 0.286 e. The Morgan fingerprint density at radius 1 is 1.42 bits per heavy atom. The standard InChI is InChI=1S/C6H3F3N2S/c7-6(8,9)4-3-10-5-11(4)1-2-12-5/h1-3H. The van der Waals surface area contributed by atoms with Crippen molar-refractivity contribution < 1.29 is 13.2 Å². The second-order valence-corrected chi connectivity index (χ2v) is 3.07. The molecule has 0 saturated heterocycles. The number of hydrogen-bond acceptors (Lipinski definition) is 2. The van der Waals surface area contributed by atoms with Crippen molar-refractivity contribution in [2.45, 2.75) is 6.18 Å². The van der Waals surface area contributed by atoms with Gasteiger partial charge in [0.1, 0.15) is 5.69 Å². The molecular formula is C6H3F3N2S. The van der Waals surface area contributed by atoms with Gasteiger partial charge in [-0.15, -0.1) is 11.3 Å². The Morgan fingerprint density at radius 2 is 2.17 bits per heavy atom. The molecule has 0 bridgehead atoms. The maximum atomic E-state index is 12.2. The van der Waals surface area contributed by atoms with E-state index in [2.05, 4.69) is 4.98 Å². The normalized spacial score (nSPS) is 12.6. The van der Waals surface area contributed by atoms with Crippen molar-refractivity contribution >= 4 is 16.3 Å². The lowest BCUT2D eigenvalue weighted by molar-refractivity contribution is -0.141. The number of aromatic nitrogens is 2. The number of thiazole rings is 1. The van der Waals surface area contributed by atoms with Crippen molar-refractivity contribution in [3.8, 4) is 0 Å². The fourth-order valence-corrected chi connectivity index (χ4v) is 1.63. The zero-order valence-corrected chi connectivity index (χ0v) is 6.49. The van der Waals surface area contributed by atoms with E-state index in [1.165, 1.54) is 17.5 Å². The van der Waals surface area contributed by atoms with Gasteiger partial charge in [-0.05, 0) is 0 Å². The first-order chi connectivity index (χ1) is 5.59. The van der Waals surface area contributed by atoms with Gasteiger partial charge >= 0.3 is 6.18 Å². The molecule has 0 amide bonds. The van der Waals surface area contributed by atoms with E-state index >= 15 is 0 Å². The summed E-state index contributed by atoms with van der Waals surface area (Å²) in [6, 6.07) is 0. The van der Waals surface area contributed by atoms with E-state index in [1.54, 1.807) is 5.38 Å². The predicted octanol–water partition coefficient (Wildman–Crippen LogP) is 2.41. The fourth-order valence-electron chi connectivity index (χ4n) is 0.937. The Hall–Kier alpha value is -1.04. The Labute approximate surface area is 69.3 Å². The summed E-state index contributed by atoms with van der Waals surface area (Å²) in [5, 5.41) is 1.57. The van der Waals surface area contributed by atoms with Crippen molar-refractivity contribution in [2.75, 3.05) is 0 Å². The van der Waals surface area contributed by atoms with Gasteiger partial charge in [0.2, 0.25) is 0 Å². The molecule has 0 unspecified atom stereocenters. The summed E-state index contributed by atoms with van der Waals surface area (Å²) in [4.78, 5) is 3.97. The van der Waals surface area contributed by atoms with Crippen LogP contribution in [0.2, 0.25) is 0 Å². The summed E-state index contributed by atoms with van der Waals surface area (Å²) in [6.45, 7) is 0. The van der Waals surface area contributed by atoms with Gasteiger partial charge in [-0.3, -0.25) is 4.40 Å². The topological polar surface area (TPSA) is 17.3 Å². The molecule has 12 heavy (non-hydrogen) atoms. The molecule has 0 atom stereocenters. The molecule has 2 aromatic rings. The minimum atomic E-state index is -4.32. The van der Waals surface area contributed by atoms with E-state index in [4.69, 9.17) is 0 Å². The van der Waals surface area contributed by atoms with Crippen molar-refractivity contribution in [3.63, 3.8) is 0 Å². The van der Waals surface area contributed by atoms with Crippen molar-refractivity contribution in [3.05, 3.63) is 23.5 Å². The van der Waals surface area contributed by atoms with E-state index in [-0.39, 0.29) is 0 Å². The van der Waals surface area contributed by atoms with Crippen LogP contribution in [0.4, 0.5) is 13.2 Å². The van der Waals surface area contributed by atoms with Crippen molar-refractivity contribution in [2.24, 2.45) is 0 Å². The minimum absolute atomic E-state index is 0.363. The third-order valence-electron chi connectivity index (χ3n) is 1.44. The fraction of sp³-hybridized carbons (Fsp3) is 0.167. The Bertz CT molecular complexity index is 400. The molecule has 0 aliphatic carbocycles. The average molecular weight is 192 g/mol. The molecule has 64 valence electrons.